The normalized spacial score (nSPS) is 12.2. The van der Waals surface area contributed by atoms with Crippen molar-refractivity contribution in [3.63, 3.8) is 0 Å². The maximum atomic E-state index is 11.8. The fourth-order valence-electron chi connectivity index (χ4n) is 1.82. The second kappa shape index (κ2) is 7.12. The molecule has 1 aromatic carbocycles. The third-order valence-electron chi connectivity index (χ3n) is 2.81. The van der Waals surface area contributed by atoms with Gasteiger partial charge in [-0.1, -0.05) is 37.2 Å². The van der Waals surface area contributed by atoms with E-state index < -0.39 is 12.0 Å². The minimum Gasteiger partial charge on any atom is -0.480 e. The fourth-order valence-corrected chi connectivity index (χ4v) is 2.47. The smallest absolute Gasteiger partial charge is 0.326 e. The van der Waals surface area contributed by atoms with Crippen LogP contribution in [0.2, 0.25) is 0 Å². The van der Waals surface area contributed by atoms with Crippen LogP contribution in [0.5, 0.6) is 0 Å². The number of benzene rings is 1. The lowest BCUT2D eigenvalue weighted by atomic mass is 10.2. The first-order valence-corrected chi connectivity index (χ1v) is 7.59. The van der Waals surface area contributed by atoms with Crippen LogP contribution in [-0.4, -0.2) is 33.8 Å². The van der Waals surface area contributed by atoms with Crippen LogP contribution in [0, 0.1) is 0 Å². The van der Waals surface area contributed by atoms with Gasteiger partial charge in [-0.3, -0.25) is 4.79 Å². The van der Waals surface area contributed by atoms with E-state index in [0.717, 1.165) is 17.3 Å². The summed E-state index contributed by atoms with van der Waals surface area (Å²) in [7, 11) is 0. The van der Waals surface area contributed by atoms with E-state index in [9.17, 15) is 9.59 Å². The first-order chi connectivity index (χ1) is 10.1. The number of nitrogens with one attached hydrogen (secondary N) is 1. The van der Waals surface area contributed by atoms with Crippen LogP contribution in [0.1, 0.15) is 19.8 Å². The number of rotatable bonds is 7. The largest absolute Gasteiger partial charge is 0.480 e. The van der Waals surface area contributed by atoms with Crippen LogP contribution in [0.25, 0.3) is 11.1 Å². The molecule has 112 valence electrons. The van der Waals surface area contributed by atoms with Crippen LogP contribution in [0.3, 0.4) is 0 Å². The molecule has 2 rings (SSSR count). The fraction of sp³-hybridized carbons (Fsp3) is 0.357. The van der Waals surface area contributed by atoms with E-state index in [2.05, 4.69) is 10.3 Å². The van der Waals surface area contributed by atoms with E-state index >= 15 is 0 Å². The number of nitrogens with zero attached hydrogens (tertiary/aromatic N) is 1. The third kappa shape index (κ3) is 4.22. The number of aromatic nitrogens is 1. The molecule has 0 unspecified atom stereocenters. The highest BCUT2D eigenvalue weighted by molar-refractivity contribution is 7.99. The Morgan fingerprint density at radius 2 is 2.19 bits per heavy atom. The zero-order valence-corrected chi connectivity index (χ0v) is 12.4. The Morgan fingerprint density at radius 3 is 2.86 bits per heavy atom. The number of carbonyl (C=O) groups excluding carboxylic acids is 1. The van der Waals surface area contributed by atoms with Gasteiger partial charge < -0.3 is 14.8 Å². The van der Waals surface area contributed by atoms with Crippen molar-refractivity contribution >= 4 is 34.7 Å². The summed E-state index contributed by atoms with van der Waals surface area (Å²) in [5.74, 6) is -1.29. The molecule has 1 aromatic heterocycles. The Bertz CT molecular complexity index is 608. The summed E-state index contributed by atoms with van der Waals surface area (Å²) in [5.41, 5.74) is 1.39. The molecule has 2 N–H and O–H groups in total. The molecule has 7 heteroatoms. The van der Waals surface area contributed by atoms with Gasteiger partial charge in [0.25, 0.3) is 5.22 Å². The number of hydrogen-bond donors (Lipinski definition) is 2. The molecule has 0 aliphatic rings. The zero-order chi connectivity index (χ0) is 15.2. The van der Waals surface area contributed by atoms with Gasteiger partial charge in [0.1, 0.15) is 11.6 Å². The highest BCUT2D eigenvalue weighted by Crippen LogP contribution is 2.22. The van der Waals surface area contributed by atoms with E-state index in [4.69, 9.17) is 9.52 Å². The molecular formula is C14H16N2O4S. The maximum Gasteiger partial charge on any atom is 0.326 e. The van der Waals surface area contributed by atoms with Gasteiger partial charge in [0.15, 0.2) is 5.58 Å². The van der Waals surface area contributed by atoms with Crippen molar-refractivity contribution in [3.05, 3.63) is 24.3 Å². The lowest BCUT2D eigenvalue weighted by Crippen LogP contribution is -2.41. The molecule has 0 saturated carbocycles. The first kappa shape index (κ1) is 15.4. The Morgan fingerprint density at radius 1 is 1.43 bits per heavy atom. The third-order valence-corrected chi connectivity index (χ3v) is 3.64. The number of aliphatic carboxylic acids is 1. The van der Waals surface area contributed by atoms with Crippen molar-refractivity contribution in [2.45, 2.75) is 31.0 Å². The van der Waals surface area contributed by atoms with Crippen molar-refractivity contribution in [1.29, 1.82) is 0 Å². The summed E-state index contributed by atoms with van der Waals surface area (Å²) in [6, 6.07) is 6.48. The van der Waals surface area contributed by atoms with Gasteiger partial charge in [0, 0.05) is 0 Å². The molecule has 21 heavy (non-hydrogen) atoms. The Hall–Kier alpha value is -2.02. The van der Waals surface area contributed by atoms with Crippen LogP contribution < -0.4 is 5.32 Å². The quantitative estimate of drug-likeness (QED) is 0.762. The Kier molecular flexibility index (Phi) is 5.21. The number of fused-ring (bicyclic) bond motifs is 1. The van der Waals surface area contributed by atoms with Crippen molar-refractivity contribution < 1.29 is 19.1 Å². The number of carboxylic acid groups (broad SMARTS) is 1. The van der Waals surface area contributed by atoms with Gasteiger partial charge >= 0.3 is 5.97 Å². The molecule has 0 radical (unpaired) electrons. The minimum atomic E-state index is -1.02. The molecule has 0 saturated heterocycles. The van der Waals surface area contributed by atoms with Gasteiger partial charge in [-0.25, -0.2) is 9.78 Å². The van der Waals surface area contributed by atoms with Crippen molar-refractivity contribution in [1.82, 2.24) is 10.3 Å². The van der Waals surface area contributed by atoms with E-state index in [1.807, 2.05) is 25.1 Å². The van der Waals surface area contributed by atoms with Crippen LogP contribution in [0.4, 0.5) is 0 Å². The summed E-state index contributed by atoms with van der Waals surface area (Å²) >= 11 is 1.14. The highest BCUT2D eigenvalue weighted by atomic mass is 32.2. The second-order valence-corrected chi connectivity index (χ2v) is 5.41. The molecule has 1 atom stereocenters. The summed E-state index contributed by atoms with van der Waals surface area (Å²) in [6.07, 6.45) is 1.10. The van der Waals surface area contributed by atoms with Crippen LogP contribution in [0.15, 0.2) is 33.9 Å². The molecule has 0 bridgehead atoms. The molecule has 0 fully saturated rings. The lowest BCUT2D eigenvalue weighted by molar-refractivity contribution is -0.141. The number of oxazole rings is 1. The van der Waals surface area contributed by atoms with E-state index in [1.165, 1.54) is 0 Å². The minimum absolute atomic E-state index is 0.0698. The summed E-state index contributed by atoms with van der Waals surface area (Å²) < 4.78 is 5.47. The van der Waals surface area contributed by atoms with Crippen molar-refractivity contribution in [2.24, 2.45) is 0 Å². The monoisotopic (exact) mass is 308 g/mol. The van der Waals surface area contributed by atoms with Gasteiger partial charge in [-0.2, -0.15) is 0 Å². The number of carboxylic acids is 1. The highest BCUT2D eigenvalue weighted by Gasteiger charge is 2.19. The number of hydrogen-bond acceptors (Lipinski definition) is 5. The molecule has 0 aliphatic heterocycles. The summed E-state index contributed by atoms with van der Waals surface area (Å²) in [4.78, 5) is 27.0. The predicted molar refractivity (Wildman–Crippen MR) is 79.2 cm³/mol. The first-order valence-electron chi connectivity index (χ1n) is 6.60. The van der Waals surface area contributed by atoms with E-state index in [-0.39, 0.29) is 11.7 Å². The molecule has 2 aromatic rings. The summed E-state index contributed by atoms with van der Waals surface area (Å²) in [5, 5.41) is 11.9. The average Bonchev–Trinajstić information content (AvgIpc) is 2.87. The van der Waals surface area contributed by atoms with Gasteiger partial charge in [0.05, 0.1) is 5.75 Å². The number of thioether (sulfide) groups is 1. The van der Waals surface area contributed by atoms with Gasteiger partial charge in [-0.05, 0) is 18.6 Å². The van der Waals surface area contributed by atoms with E-state index in [1.54, 1.807) is 6.07 Å². The SMILES string of the molecule is CCC[C@H](NC(=O)CSc1nc2ccccc2o1)C(=O)O. The molecule has 0 spiro atoms. The maximum absolute atomic E-state index is 11.8. The molecule has 0 aliphatic carbocycles. The number of carbonyl (C=O) groups is 2. The van der Waals surface area contributed by atoms with Crippen molar-refractivity contribution in [2.75, 3.05) is 5.75 Å². The van der Waals surface area contributed by atoms with Crippen molar-refractivity contribution in [3.8, 4) is 0 Å². The van der Waals surface area contributed by atoms with E-state index in [0.29, 0.717) is 23.6 Å². The van der Waals surface area contributed by atoms with Crippen LogP contribution in [-0.2, 0) is 9.59 Å². The second-order valence-electron chi connectivity index (χ2n) is 4.48. The molecule has 6 nitrogen and oxygen atoms in total. The molecule has 1 heterocycles. The molecule has 1 amide bonds. The summed E-state index contributed by atoms with van der Waals surface area (Å²) in [6.45, 7) is 1.87. The predicted octanol–water partition coefficient (Wildman–Crippen LogP) is 2.29. The molecular weight excluding hydrogens is 292 g/mol. The lowest BCUT2D eigenvalue weighted by Gasteiger charge is -2.12. The Labute approximate surface area is 125 Å². The topological polar surface area (TPSA) is 92.4 Å². The number of amides is 1. The van der Waals surface area contributed by atoms with Gasteiger partial charge in [0.2, 0.25) is 5.91 Å². The zero-order valence-electron chi connectivity index (χ0n) is 11.5. The Balaban J connectivity index is 1.89. The standard InChI is InChI=1S/C14H16N2O4S/c1-2-5-10(13(18)19)15-12(17)8-21-14-16-9-6-3-4-7-11(9)20-14/h3-4,6-7,10H,2,5,8H2,1H3,(H,15,17)(H,18,19)/t10-/m0/s1. The average molecular weight is 308 g/mol. The van der Waals surface area contributed by atoms with Gasteiger partial charge in [-0.15, -0.1) is 0 Å². The number of para-hydroxylation sites is 2. The van der Waals surface area contributed by atoms with Crippen LogP contribution >= 0.6 is 11.8 Å².